The van der Waals surface area contributed by atoms with Crippen molar-refractivity contribution in [3.63, 3.8) is 0 Å². The third-order valence-electron chi connectivity index (χ3n) is 2.28. The summed E-state index contributed by atoms with van der Waals surface area (Å²) in [5, 5.41) is 2.12. The second-order valence-corrected chi connectivity index (χ2v) is 4.04. The van der Waals surface area contributed by atoms with Crippen molar-refractivity contribution < 1.29 is 4.74 Å². The first-order valence-corrected chi connectivity index (χ1v) is 5.12. The average Bonchev–Trinajstić information content (AvgIpc) is 2.65. The fourth-order valence-electron chi connectivity index (χ4n) is 1.65. The van der Waals surface area contributed by atoms with Crippen molar-refractivity contribution in [2.24, 2.45) is 0 Å². The van der Waals surface area contributed by atoms with Crippen LogP contribution in [0.1, 0.15) is 4.88 Å². The van der Waals surface area contributed by atoms with E-state index in [2.05, 4.69) is 23.6 Å². The van der Waals surface area contributed by atoms with E-state index in [1.54, 1.807) is 11.3 Å². The van der Waals surface area contributed by atoms with Gasteiger partial charge in [0, 0.05) is 16.0 Å². The van der Waals surface area contributed by atoms with Crippen molar-refractivity contribution in [3.05, 3.63) is 40.6 Å². The molecule has 1 aromatic heterocycles. The normalized spacial score (nSPS) is 12.9. The van der Waals surface area contributed by atoms with Crippen LogP contribution in [0.4, 0.5) is 0 Å². The molecule has 0 fully saturated rings. The molecule has 1 nitrogen and oxygen atoms in total. The van der Waals surface area contributed by atoms with Gasteiger partial charge in [-0.05, 0) is 17.5 Å². The third kappa shape index (κ3) is 0.988. The molecule has 13 heavy (non-hydrogen) atoms. The lowest BCUT2D eigenvalue weighted by Crippen LogP contribution is -2.01. The van der Waals surface area contributed by atoms with Crippen molar-refractivity contribution in [3.8, 4) is 16.9 Å². The SMILES string of the molecule is c1ccc2c(c1)OCc1sccc1-2. The third-order valence-corrected chi connectivity index (χ3v) is 3.18. The molecular weight excluding hydrogens is 180 g/mol. The molecule has 3 rings (SSSR count). The number of hydrogen-bond donors (Lipinski definition) is 0. The van der Waals surface area contributed by atoms with Crippen LogP contribution in [0.3, 0.4) is 0 Å². The van der Waals surface area contributed by atoms with Gasteiger partial charge in [0.25, 0.3) is 0 Å². The lowest BCUT2D eigenvalue weighted by atomic mass is 10.0. The summed E-state index contributed by atoms with van der Waals surface area (Å²) in [4.78, 5) is 1.33. The molecule has 0 amide bonds. The highest BCUT2D eigenvalue weighted by Crippen LogP contribution is 2.39. The van der Waals surface area contributed by atoms with Gasteiger partial charge < -0.3 is 4.74 Å². The number of hydrogen-bond acceptors (Lipinski definition) is 2. The minimum Gasteiger partial charge on any atom is -0.487 e. The van der Waals surface area contributed by atoms with Gasteiger partial charge in [-0.15, -0.1) is 11.3 Å². The number of thiophene rings is 1. The molecule has 0 saturated carbocycles. The Bertz CT molecular complexity index is 445. The summed E-state index contributed by atoms with van der Waals surface area (Å²) in [6, 6.07) is 10.4. The van der Waals surface area contributed by atoms with E-state index in [9.17, 15) is 0 Å². The van der Waals surface area contributed by atoms with Crippen molar-refractivity contribution in [2.45, 2.75) is 6.61 Å². The summed E-state index contributed by atoms with van der Waals surface area (Å²) in [7, 11) is 0. The summed E-state index contributed by atoms with van der Waals surface area (Å²) in [6.45, 7) is 0.726. The number of rotatable bonds is 0. The molecule has 0 radical (unpaired) electrons. The van der Waals surface area contributed by atoms with Gasteiger partial charge in [0.2, 0.25) is 0 Å². The minimum atomic E-state index is 0.726. The lowest BCUT2D eigenvalue weighted by molar-refractivity contribution is 0.306. The molecule has 0 saturated heterocycles. The molecule has 0 unspecified atom stereocenters. The fraction of sp³-hybridized carbons (Fsp3) is 0.0909. The van der Waals surface area contributed by atoms with Crippen LogP contribution in [0.2, 0.25) is 0 Å². The van der Waals surface area contributed by atoms with Crippen LogP contribution >= 0.6 is 11.3 Å². The summed E-state index contributed by atoms with van der Waals surface area (Å²) >= 11 is 1.76. The maximum atomic E-state index is 5.62. The van der Waals surface area contributed by atoms with Gasteiger partial charge >= 0.3 is 0 Å². The highest BCUT2D eigenvalue weighted by Gasteiger charge is 2.16. The molecule has 0 spiro atoms. The van der Waals surface area contributed by atoms with Crippen LogP contribution in [0.25, 0.3) is 11.1 Å². The first-order valence-electron chi connectivity index (χ1n) is 4.24. The van der Waals surface area contributed by atoms with Crippen LogP contribution in [-0.4, -0.2) is 0 Å². The van der Waals surface area contributed by atoms with E-state index in [-0.39, 0.29) is 0 Å². The Morgan fingerprint density at radius 2 is 2.00 bits per heavy atom. The highest BCUT2D eigenvalue weighted by molar-refractivity contribution is 7.10. The Hall–Kier alpha value is -1.28. The molecule has 1 aliphatic rings. The Balaban J connectivity index is 2.30. The lowest BCUT2D eigenvalue weighted by Gasteiger charge is -2.16. The largest absolute Gasteiger partial charge is 0.487 e. The van der Waals surface area contributed by atoms with E-state index in [1.165, 1.54) is 16.0 Å². The minimum absolute atomic E-state index is 0.726. The zero-order chi connectivity index (χ0) is 8.67. The Kier molecular flexibility index (Phi) is 1.43. The molecule has 1 aliphatic heterocycles. The van der Waals surface area contributed by atoms with E-state index in [0.717, 1.165) is 12.4 Å². The van der Waals surface area contributed by atoms with Gasteiger partial charge in [0.05, 0.1) is 0 Å². The van der Waals surface area contributed by atoms with Crippen molar-refractivity contribution in [1.29, 1.82) is 0 Å². The second kappa shape index (κ2) is 2.60. The molecule has 2 aromatic rings. The van der Waals surface area contributed by atoms with Crippen molar-refractivity contribution in [1.82, 2.24) is 0 Å². The first kappa shape index (κ1) is 7.15. The Morgan fingerprint density at radius 3 is 3.00 bits per heavy atom. The highest BCUT2D eigenvalue weighted by atomic mass is 32.1. The van der Waals surface area contributed by atoms with Gasteiger partial charge in [-0.3, -0.25) is 0 Å². The zero-order valence-corrected chi connectivity index (χ0v) is 7.80. The van der Waals surface area contributed by atoms with Crippen LogP contribution in [0.15, 0.2) is 35.7 Å². The number of fused-ring (bicyclic) bond motifs is 3. The summed E-state index contributed by atoms with van der Waals surface area (Å²) in [5.41, 5.74) is 2.57. The van der Waals surface area contributed by atoms with Gasteiger partial charge in [0.15, 0.2) is 0 Å². The fourth-order valence-corrected chi connectivity index (χ4v) is 2.45. The average molecular weight is 188 g/mol. The van der Waals surface area contributed by atoms with Gasteiger partial charge in [-0.25, -0.2) is 0 Å². The van der Waals surface area contributed by atoms with Gasteiger partial charge in [-0.1, -0.05) is 18.2 Å². The molecular formula is C11H8OS. The summed E-state index contributed by atoms with van der Waals surface area (Å²) in [5.74, 6) is 1.01. The molecule has 2 heteroatoms. The van der Waals surface area contributed by atoms with Crippen molar-refractivity contribution in [2.75, 3.05) is 0 Å². The summed E-state index contributed by atoms with van der Waals surface area (Å²) in [6.07, 6.45) is 0. The quantitative estimate of drug-likeness (QED) is 0.616. The Morgan fingerprint density at radius 1 is 1.08 bits per heavy atom. The van der Waals surface area contributed by atoms with E-state index in [4.69, 9.17) is 4.74 Å². The molecule has 0 bridgehead atoms. The van der Waals surface area contributed by atoms with Gasteiger partial charge in [-0.2, -0.15) is 0 Å². The van der Waals surface area contributed by atoms with E-state index in [1.807, 2.05) is 12.1 Å². The van der Waals surface area contributed by atoms with Crippen molar-refractivity contribution >= 4 is 11.3 Å². The number of benzene rings is 1. The molecule has 1 aromatic carbocycles. The molecule has 0 atom stereocenters. The standard InChI is InChI=1S/C11H8OS/c1-2-4-10-8(3-1)9-5-6-13-11(9)7-12-10/h1-6H,7H2. The number of para-hydroxylation sites is 1. The topological polar surface area (TPSA) is 9.23 Å². The van der Waals surface area contributed by atoms with Crippen LogP contribution < -0.4 is 4.74 Å². The maximum Gasteiger partial charge on any atom is 0.127 e. The van der Waals surface area contributed by atoms with E-state index < -0.39 is 0 Å². The predicted molar refractivity (Wildman–Crippen MR) is 54.1 cm³/mol. The van der Waals surface area contributed by atoms with E-state index in [0.29, 0.717) is 0 Å². The molecule has 0 N–H and O–H groups in total. The van der Waals surface area contributed by atoms with Crippen LogP contribution in [-0.2, 0) is 6.61 Å². The van der Waals surface area contributed by atoms with Crippen LogP contribution in [0, 0.1) is 0 Å². The molecule has 64 valence electrons. The zero-order valence-electron chi connectivity index (χ0n) is 6.99. The smallest absolute Gasteiger partial charge is 0.127 e. The van der Waals surface area contributed by atoms with E-state index >= 15 is 0 Å². The second-order valence-electron chi connectivity index (χ2n) is 3.04. The van der Waals surface area contributed by atoms with Gasteiger partial charge in [0.1, 0.15) is 12.4 Å². The summed E-state index contributed by atoms with van der Waals surface area (Å²) < 4.78 is 5.62. The number of ether oxygens (including phenoxy) is 1. The Labute approximate surface area is 80.6 Å². The van der Waals surface area contributed by atoms with Crippen LogP contribution in [0.5, 0.6) is 5.75 Å². The maximum absolute atomic E-state index is 5.62. The molecule has 0 aliphatic carbocycles. The predicted octanol–water partition coefficient (Wildman–Crippen LogP) is 3.31. The first-order chi connectivity index (χ1) is 6.45. The monoisotopic (exact) mass is 188 g/mol. The molecule has 2 heterocycles.